The number of rotatable bonds is 3. The highest BCUT2D eigenvalue weighted by Gasteiger charge is 2.17. The monoisotopic (exact) mass is 268 g/mol. The molecule has 0 bridgehead atoms. The summed E-state index contributed by atoms with van der Waals surface area (Å²) in [6, 6.07) is 13.7. The second-order valence-electron chi connectivity index (χ2n) is 4.68. The molecule has 4 heteroatoms. The maximum absolute atomic E-state index is 10.1. The Balaban J connectivity index is 2.29. The Kier molecular flexibility index (Phi) is 3.16. The summed E-state index contributed by atoms with van der Waals surface area (Å²) in [5.41, 5.74) is 2.58. The lowest BCUT2D eigenvalue weighted by atomic mass is 10.1. The zero-order valence-corrected chi connectivity index (χ0v) is 11.4. The van der Waals surface area contributed by atoms with Gasteiger partial charge in [0, 0.05) is 10.9 Å². The third-order valence-electron chi connectivity index (χ3n) is 3.39. The van der Waals surface area contributed by atoms with Gasteiger partial charge in [-0.25, -0.2) is 4.68 Å². The van der Waals surface area contributed by atoms with Crippen LogP contribution in [0.5, 0.6) is 5.75 Å². The Morgan fingerprint density at radius 1 is 1.15 bits per heavy atom. The van der Waals surface area contributed by atoms with Crippen molar-refractivity contribution in [3.63, 3.8) is 0 Å². The number of aromatic nitrogens is 2. The van der Waals surface area contributed by atoms with Gasteiger partial charge in [0.1, 0.15) is 5.75 Å². The quantitative estimate of drug-likeness (QED) is 0.794. The molecule has 0 aliphatic rings. The zero-order chi connectivity index (χ0) is 14.1. The molecule has 3 rings (SSSR count). The lowest BCUT2D eigenvalue weighted by Crippen LogP contribution is -2.06. The normalized spacial score (nSPS) is 12.6. The average molecular weight is 268 g/mol. The van der Waals surface area contributed by atoms with Crippen molar-refractivity contribution >= 4 is 10.9 Å². The van der Waals surface area contributed by atoms with Crippen LogP contribution in [0.1, 0.15) is 18.6 Å². The Bertz CT molecular complexity index is 747. The molecule has 0 unspecified atom stereocenters. The SMILES string of the molecule is COc1cccc(-n2ncc3ccccc32)c1[C@@H](C)O. The van der Waals surface area contributed by atoms with E-state index in [9.17, 15) is 5.11 Å². The Hall–Kier alpha value is -2.33. The van der Waals surface area contributed by atoms with E-state index < -0.39 is 6.10 Å². The molecule has 3 aromatic rings. The molecular weight excluding hydrogens is 252 g/mol. The molecule has 20 heavy (non-hydrogen) atoms. The summed E-state index contributed by atoms with van der Waals surface area (Å²) >= 11 is 0. The first-order valence-corrected chi connectivity index (χ1v) is 6.50. The van der Waals surface area contributed by atoms with E-state index in [4.69, 9.17) is 4.74 Å². The van der Waals surface area contributed by atoms with Gasteiger partial charge in [-0.05, 0) is 25.1 Å². The molecule has 1 atom stereocenters. The number of para-hydroxylation sites is 1. The van der Waals surface area contributed by atoms with Crippen molar-refractivity contribution in [1.82, 2.24) is 9.78 Å². The van der Waals surface area contributed by atoms with Gasteiger partial charge in [0.05, 0.1) is 30.6 Å². The number of aliphatic hydroxyl groups excluding tert-OH is 1. The van der Waals surface area contributed by atoms with Crippen molar-refractivity contribution in [2.45, 2.75) is 13.0 Å². The van der Waals surface area contributed by atoms with Crippen LogP contribution in [0.3, 0.4) is 0 Å². The Labute approximate surface area is 117 Å². The molecule has 2 aromatic carbocycles. The predicted molar refractivity (Wildman–Crippen MR) is 78.3 cm³/mol. The van der Waals surface area contributed by atoms with Gasteiger partial charge in [-0.1, -0.05) is 24.3 Å². The lowest BCUT2D eigenvalue weighted by Gasteiger charge is -2.16. The van der Waals surface area contributed by atoms with Crippen molar-refractivity contribution in [2.24, 2.45) is 0 Å². The predicted octanol–water partition coefficient (Wildman–Crippen LogP) is 3.09. The van der Waals surface area contributed by atoms with E-state index in [1.54, 1.807) is 14.0 Å². The molecule has 102 valence electrons. The van der Waals surface area contributed by atoms with Gasteiger partial charge in [0.25, 0.3) is 0 Å². The molecule has 0 saturated heterocycles. The van der Waals surface area contributed by atoms with Crippen LogP contribution in [0, 0.1) is 0 Å². The topological polar surface area (TPSA) is 47.3 Å². The minimum absolute atomic E-state index is 0.635. The van der Waals surface area contributed by atoms with E-state index in [1.807, 2.05) is 53.3 Å². The van der Waals surface area contributed by atoms with Gasteiger partial charge in [-0.15, -0.1) is 0 Å². The largest absolute Gasteiger partial charge is 0.496 e. The zero-order valence-electron chi connectivity index (χ0n) is 11.4. The highest BCUT2D eigenvalue weighted by molar-refractivity contribution is 5.80. The third kappa shape index (κ3) is 1.94. The molecule has 4 nitrogen and oxygen atoms in total. The number of nitrogens with zero attached hydrogens (tertiary/aromatic N) is 2. The maximum Gasteiger partial charge on any atom is 0.126 e. The van der Waals surface area contributed by atoms with Gasteiger partial charge >= 0.3 is 0 Å². The van der Waals surface area contributed by atoms with Crippen LogP contribution in [0.25, 0.3) is 16.6 Å². The van der Waals surface area contributed by atoms with E-state index in [1.165, 1.54) is 0 Å². The first-order valence-electron chi connectivity index (χ1n) is 6.50. The van der Waals surface area contributed by atoms with Crippen molar-refractivity contribution in [3.8, 4) is 11.4 Å². The summed E-state index contributed by atoms with van der Waals surface area (Å²) in [4.78, 5) is 0. The van der Waals surface area contributed by atoms with E-state index in [0.29, 0.717) is 5.75 Å². The van der Waals surface area contributed by atoms with Gasteiger partial charge in [0.2, 0.25) is 0 Å². The fourth-order valence-corrected chi connectivity index (χ4v) is 2.48. The standard InChI is InChI=1S/C16H16N2O2/c1-11(19)16-14(8-5-9-15(16)20-2)18-13-7-4-3-6-12(13)10-17-18/h3-11,19H,1-2H3/t11-/m1/s1. The number of hydrogen-bond acceptors (Lipinski definition) is 3. The summed E-state index contributed by atoms with van der Waals surface area (Å²) < 4.78 is 7.19. The highest BCUT2D eigenvalue weighted by Crippen LogP contribution is 2.32. The van der Waals surface area contributed by atoms with Crippen LogP contribution in [0.15, 0.2) is 48.7 Å². The van der Waals surface area contributed by atoms with Crippen molar-refractivity contribution in [3.05, 3.63) is 54.2 Å². The number of methoxy groups -OCH3 is 1. The summed E-state index contributed by atoms with van der Waals surface area (Å²) in [7, 11) is 1.60. The molecule has 1 heterocycles. The first-order chi connectivity index (χ1) is 9.72. The highest BCUT2D eigenvalue weighted by atomic mass is 16.5. The van der Waals surface area contributed by atoms with Crippen molar-refractivity contribution in [2.75, 3.05) is 7.11 Å². The second-order valence-corrected chi connectivity index (χ2v) is 4.68. The van der Waals surface area contributed by atoms with Crippen LogP contribution in [-0.2, 0) is 0 Å². The third-order valence-corrected chi connectivity index (χ3v) is 3.39. The number of aliphatic hydroxyl groups is 1. The first kappa shape index (κ1) is 12.7. The lowest BCUT2D eigenvalue weighted by molar-refractivity contribution is 0.194. The summed E-state index contributed by atoms with van der Waals surface area (Å²) in [5, 5.41) is 15.6. The smallest absolute Gasteiger partial charge is 0.126 e. The van der Waals surface area contributed by atoms with Gasteiger partial charge in [0.15, 0.2) is 0 Å². The van der Waals surface area contributed by atoms with Gasteiger partial charge < -0.3 is 9.84 Å². The summed E-state index contributed by atoms with van der Waals surface area (Å²) in [6.07, 6.45) is 1.18. The van der Waals surface area contributed by atoms with Crippen LogP contribution in [0.4, 0.5) is 0 Å². The number of ether oxygens (including phenoxy) is 1. The van der Waals surface area contributed by atoms with Gasteiger partial charge in [-0.3, -0.25) is 0 Å². The molecule has 0 fully saturated rings. The van der Waals surface area contributed by atoms with E-state index in [-0.39, 0.29) is 0 Å². The number of hydrogen-bond donors (Lipinski definition) is 1. The summed E-state index contributed by atoms with van der Waals surface area (Å²) in [6.45, 7) is 1.73. The Morgan fingerprint density at radius 2 is 1.95 bits per heavy atom. The molecule has 0 spiro atoms. The fourth-order valence-electron chi connectivity index (χ4n) is 2.48. The van der Waals surface area contributed by atoms with Crippen molar-refractivity contribution in [1.29, 1.82) is 0 Å². The summed E-state index contributed by atoms with van der Waals surface area (Å²) in [5.74, 6) is 0.664. The van der Waals surface area contributed by atoms with Crippen LogP contribution in [0.2, 0.25) is 0 Å². The average Bonchev–Trinajstić information content (AvgIpc) is 2.90. The van der Waals surface area contributed by atoms with Crippen LogP contribution >= 0.6 is 0 Å². The van der Waals surface area contributed by atoms with Crippen LogP contribution in [-0.4, -0.2) is 22.0 Å². The number of fused-ring (bicyclic) bond motifs is 1. The Morgan fingerprint density at radius 3 is 2.70 bits per heavy atom. The maximum atomic E-state index is 10.1. The fraction of sp³-hybridized carbons (Fsp3) is 0.188. The van der Waals surface area contributed by atoms with Gasteiger partial charge in [-0.2, -0.15) is 5.10 Å². The van der Waals surface area contributed by atoms with E-state index in [2.05, 4.69) is 5.10 Å². The molecule has 0 aliphatic heterocycles. The van der Waals surface area contributed by atoms with E-state index in [0.717, 1.165) is 22.2 Å². The molecule has 0 aliphatic carbocycles. The van der Waals surface area contributed by atoms with Crippen LogP contribution < -0.4 is 4.74 Å². The molecule has 0 saturated carbocycles. The van der Waals surface area contributed by atoms with E-state index >= 15 is 0 Å². The number of benzene rings is 2. The van der Waals surface area contributed by atoms with Crippen molar-refractivity contribution < 1.29 is 9.84 Å². The minimum Gasteiger partial charge on any atom is -0.496 e. The minimum atomic E-state index is -0.635. The molecule has 1 N–H and O–H groups in total. The molecule has 1 aromatic heterocycles. The molecule has 0 radical (unpaired) electrons. The molecule has 0 amide bonds. The second kappa shape index (κ2) is 4.98. The molecular formula is C16H16N2O2.